The summed E-state index contributed by atoms with van der Waals surface area (Å²) in [5, 5.41) is 0. The molecule has 0 aliphatic heterocycles. The highest BCUT2D eigenvalue weighted by Crippen LogP contribution is 2.35. The molecule has 0 unspecified atom stereocenters. The molecular formula is C9H12O. The highest BCUT2D eigenvalue weighted by Gasteiger charge is 2.33. The van der Waals surface area contributed by atoms with Gasteiger partial charge in [0.15, 0.2) is 0 Å². The van der Waals surface area contributed by atoms with Crippen molar-refractivity contribution >= 4 is 0 Å². The Kier molecular flexibility index (Phi) is 1.38. The topological polar surface area (TPSA) is 9.23 Å². The summed E-state index contributed by atoms with van der Waals surface area (Å²) in [5.41, 5.74) is 0. The first-order valence-corrected chi connectivity index (χ1v) is 3.90. The van der Waals surface area contributed by atoms with Gasteiger partial charge in [0.25, 0.3) is 0 Å². The molecule has 1 nitrogen and oxygen atoms in total. The Morgan fingerprint density at radius 2 is 1.60 bits per heavy atom. The molecule has 0 fully saturated rings. The van der Waals surface area contributed by atoms with Crippen molar-refractivity contribution in [3.63, 3.8) is 0 Å². The van der Waals surface area contributed by atoms with Gasteiger partial charge < -0.3 is 4.74 Å². The Labute approximate surface area is 61.4 Å². The van der Waals surface area contributed by atoms with Crippen LogP contribution in [0.25, 0.3) is 0 Å². The molecule has 0 N–H and O–H groups in total. The first-order valence-electron chi connectivity index (χ1n) is 3.90. The maximum absolute atomic E-state index is 5.56. The van der Waals surface area contributed by atoms with Crippen molar-refractivity contribution in [2.75, 3.05) is 6.61 Å². The van der Waals surface area contributed by atoms with Crippen LogP contribution in [0.2, 0.25) is 0 Å². The molecule has 2 rings (SSSR count). The van der Waals surface area contributed by atoms with Gasteiger partial charge in [0.1, 0.15) is 0 Å². The molecule has 10 heavy (non-hydrogen) atoms. The molecule has 54 valence electrons. The molecule has 0 heterocycles. The minimum atomic E-state index is 0.435. The number of ether oxygens (including phenoxy) is 1. The lowest BCUT2D eigenvalue weighted by molar-refractivity contribution is 0.0432. The van der Waals surface area contributed by atoms with E-state index in [0.29, 0.717) is 17.9 Å². The van der Waals surface area contributed by atoms with Crippen LogP contribution in [0.15, 0.2) is 24.3 Å². The fourth-order valence-corrected chi connectivity index (χ4v) is 1.75. The summed E-state index contributed by atoms with van der Waals surface area (Å²) >= 11 is 0. The van der Waals surface area contributed by atoms with E-state index in [2.05, 4.69) is 31.2 Å². The molecule has 2 bridgehead atoms. The van der Waals surface area contributed by atoms with E-state index in [-0.39, 0.29) is 0 Å². The minimum absolute atomic E-state index is 0.435. The van der Waals surface area contributed by atoms with Crippen LogP contribution in [0, 0.1) is 11.8 Å². The van der Waals surface area contributed by atoms with Crippen molar-refractivity contribution in [2.24, 2.45) is 11.8 Å². The van der Waals surface area contributed by atoms with E-state index in [1.165, 1.54) is 0 Å². The highest BCUT2D eigenvalue weighted by molar-refractivity contribution is 5.26. The van der Waals surface area contributed by atoms with Crippen LogP contribution in [-0.2, 0) is 4.74 Å². The first kappa shape index (κ1) is 6.17. The lowest BCUT2D eigenvalue weighted by Gasteiger charge is -2.15. The van der Waals surface area contributed by atoms with Gasteiger partial charge in [-0.1, -0.05) is 24.3 Å². The van der Waals surface area contributed by atoms with Crippen LogP contribution in [-0.4, -0.2) is 12.7 Å². The standard InChI is InChI=1S/C9H12O/c1-2-10-9-7-3-4-8(9)6-5-7/h3-9H,2H2,1H3. The average Bonchev–Trinajstić information content (AvgIpc) is 2.50. The van der Waals surface area contributed by atoms with E-state index in [1.807, 2.05) is 0 Å². The van der Waals surface area contributed by atoms with E-state index in [9.17, 15) is 0 Å². The summed E-state index contributed by atoms with van der Waals surface area (Å²) in [7, 11) is 0. The zero-order valence-corrected chi connectivity index (χ0v) is 6.16. The van der Waals surface area contributed by atoms with Crippen molar-refractivity contribution in [3.8, 4) is 0 Å². The predicted molar refractivity (Wildman–Crippen MR) is 40.7 cm³/mol. The zero-order chi connectivity index (χ0) is 6.97. The van der Waals surface area contributed by atoms with Gasteiger partial charge in [-0.25, -0.2) is 0 Å². The lowest BCUT2D eigenvalue weighted by atomic mass is 10.1. The normalized spacial score (nSPS) is 41.5. The largest absolute Gasteiger partial charge is 0.377 e. The van der Waals surface area contributed by atoms with Gasteiger partial charge >= 0.3 is 0 Å². The van der Waals surface area contributed by atoms with Gasteiger partial charge in [0.05, 0.1) is 6.10 Å². The summed E-state index contributed by atoms with van der Waals surface area (Å²) in [6, 6.07) is 0. The Hall–Kier alpha value is -0.560. The fourth-order valence-electron chi connectivity index (χ4n) is 1.75. The highest BCUT2D eigenvalue weighted by atomic mass is 16.5. The van der Waals surface area contributed by atoms with Crippen molar-refractivity contribution in [2.45, 2.75) is 13.0 Å². The monoisotopic (exact) mass is 136 g/mol. The molecule has 0 saturated carbocycles. The molecule has 0 aromatic carbocycles. The summed E-state index contributed by atoms with van der Waals surface area (Å²) in [4.78, 5) is 0. The van der Waals surface area contributed by atoms with Crippen LogP contribution >= 0.6 is 0 Å². The average molecular weight is 136 g/mol. The quantitative estimate of drug-likeness (QED) is 0.526. The lowest BCUT2D eigenvalue weighted by Crippen LogP contribution is -2.19. The first-order chi connectivity index (χ1) is 4.92. The van der Waals surface area contributed by atoms with Gasteiger partial charge in [-0.15, -0.1) is 0 Å². The molecule has 0 spiro atoms. The van der Waals surface area contributed by atoms with Crippen LogP contribution in [0.3, 0.4) is 0 Å². The van der Waals surface area contributed by atoms with Crippen molar-refractivity contribution < 1.29 is 4.74 Å². The minimum Gasteiger partial charge on any atom is -0.377 e. The van der Waals surface area contributed by atoms with E-state index in [4.69, 9.17) is 4.74 Å². The third kappa shape index (κ3) is 0.739. The number of hydrogen-bond acceptors (Lipinski definition) is 1. The molecule has 1 heteroatoms. The van der Waals surface area contributed by atoms with Gasteiger partial charge in [-0.3, -0.25) is 0 Å². The third-order valence-electron chi connectivity index (χ3n) is 2.23. The predicted octanol–water partition coefficient (Wildman–Crippen LogP) is 1.76. The van der Waals surface area contributed by atoms with Crippen LogP contribution in [0.5, 0.6) is 0 Å². The number of rotatable bonds is 2. The Morgan fingerprint density at radius 1 is 1.10 bits per heavy atom. The maximum atomic E-state index is 5.56. The van der Waals surface area contributed by atoms with Crippen molar-refractivity contribution in [3.05, 3.63) is 24.3 Å². The zero-order valence-electron chi connectivity index (χ0n) is 6.16. The van der Waals surface area contributed by atoms with Gasteiger partial charge in [0, 0.05) is 18.4 Å². The molecule has 0 amide bonds. The second-order valence-corrected chi connectivity index (χ2v) is 2.84. The van der Waals surface area contributed by atoms with Crippen LogP contribution in [0.4, 0.5) is 0 Å². The smallest absolute Gasteiger partial charge is 0.0769 e. The van der Waals surface area contributed by atoms with Gasteiger partial charge in [-0.05, 0) is 6.92 Å². The Balaban J connectivity index is 2.04. The maximum Gasteiger partial charge on any atom is 0.0769 e. The summed E-state index contributed by atoms with van der Waals surface area (Å²) in [6.45, 7) is 2.89. The van der Waals surface area contributed by atoms with Gasteiger partial charge in [-0.2, -0.15) is 0 Å². The third-order valence-corrected chi connectivity index (χ3v) is 2.23. The molecule has 0 aromatic rings. The van der Waals surface area contributed by atoms with Crippen LogP contribution < -0.4 is 0 Å². The SMILES string of the molecule is CCOC1C2C=CC1C=C2. The summed E-state index contributed by atoms with van der Waals surface area (Å²) < 4.78 is 5.56. The molecule has 2 aliphatic carbocycles. The number of fused-ring (bicyclic) bond motifs is 2. The second kappa shape index (κ2) is 2.24. The molecule has 0 radical (unpaired) electrons. The van der Waals surface area contributed by atoms with E-state index in [0.717, 1.165) is 6.61 Å². The summed E-state index contributed by atoms with van der Waals surface area (Å²) in [5.74, 6) is 1.15. The summed E-state index contributed by atoms with van der Waals surface area (Å²) in [6.07, 6.45) is 9.40. The van der Waals surface area contributed by atoms with E-state index in [1.54, 1.807) is 0 Å². The fraction of sp³-hybridized carbons (Fsp3) is 0.556. The molecule has 0 aromatic heterocycles. The molecule has 0 saturated heterocycles. The van der Waals surface area contributed by atoms with E-state index < -0.39 is 0 Å². The second-order valence-electron chi connectivity index (χ2n) is 2.84. The molecule has 0 atom stereocenters. The van der Waals surface area contributed by atoms with Gasteiger partial charge in [0.2, 0.25) is 0 Å². The van der Waals surface area contributed by atoms with Crippen LogP contribution in [0.1, 0.15) is 6.92 Å². The van der Waals surface area contributed by atoms with E-state index >= 15 is 0 Å². The van der Waals surface area contributed by atoms with Crippen molar-refractivity contribution in [1.82, 2.24) is 0 Å². The Morgan fingerprint density at radius 3 is 2.00 bits per heavy atom. The molecule has 2 aliphatic rings. The number of hydrogen-bond donors (Lipinski definition) is 0. The molecular weight excluding hydrogens is 124 g/mol. The Bertz CT molecular complexity index is 151. The van der Waals surface area contributed by atoms with Crippen molar-refractivity contribution in [1.29, 1.82) is 0 Å².